The van der Waals surface area contributed by atoms with Crippen LogP contribution in [-0.2, 0) is 4.79 Å². The minimum atomic E-state index is -0.496. The van der Waals surface area contributed by atoms with Crippen LogP contribution in [0.2, 0.25) is 0 Å². The molecule has 12 nitrogen and oxygen atoms in total. The molecule has 0 unspecified atom stereocenters. The molecule has 0 aromatic carbocycles. The maximum absolute atomic E-state index is 13.1. The Bertz CT molecular complexity index is 1630. The third-order valence-electron chi connectivity index (χ3n) is 7.61. The van der Waals surface area contributed by atoms with Gasteiger partial charge < -0.3 is 14.7 Å². The van der Waals surface area contributed by atoms with E-state index in [-0.39, 0.29) is 11.9 Å². The summed E-state index contributed by atoms with van der Waals surface area (Å²) in [6, 6.07) is 3.50. The summed E-state index contributed by atoms with van der Waals surface area (Å²) in [7, 11) is 2.10. The normalized spacial score (nSPS) is 17.4. The molecule has 2 saturated heterocycles. The Balaban J connectivity index is 1.42. The first kappa shape index (κ1) is 24.2. The monoisotopic (exact) mass is 515 g/mol. The SMILES string of the molecule is CC(=O)N1CCC(n2c(=O)[nH]c(=O)c3cnc4ccc(-c5cnc(N6CCN(C)CC6)nc5)nc4c32)CC1. The molecule has 1 amide bonds. The highest BCUT2D eigenvalue weighted by atomic mass is 16.2. The van der Waals surface area contributed by atoms with Gasteiger partial charge in [0.1, 0.15) is 5.52 Å². The van der Waals surface area contributed by atoms with Crippen molar-refractivity contribution in [2.45, 2.75) is 25.8 Å². The number of piperazine rings is 1. The fraction of sp³-hybridized carbons (Fsp3) is 0.423. The van der Waals surface area contributed by atoms with Crippen molar-refractivity contribution < 1.29 is 4.79 Å². The highest BCUT2D eigenvalue weighted by molar-refractivity contribution is 6.01. The van der Waals surface area contributed by atoms with E-state index in [9.17, 15) is 14.4 Å². The van der Waals surface area contributed by atoms with Crippen molar-refractivity contribution in [3.05, 3.63) is 51.6 Å². The summed E-state index contributed by atoms with van der Waals surface area (Å²) in [6.07, 6.45) is 6.21. The van der Waals surface area contributed by atoms with E-state index in [0.29, 0.717) is 59.5 Å². The van der Waals surface area contributed by atoms with Gasteiger partial charge in [-0.25, -0.2) is 19.7 Å². The Morgan fingerprint density at radius 1 is 0.947 bits per heavy atom. The highest BCUT2D eigenvalue weighted by Gasteiger charge is 2.26. The van der Waals surface area contributed by atoms with Crippen LogP contribution in [0.5, 0.6) is 0 Å². The fourth-order valence-corrected chi connectivity index (χ4v) is 5.36. The maximum atomic E-state index is 13.1. The lowest BCUT2D eigenvalue weighted by atomic mass is 10.0. The van der Waals surface area contributed by atoms with Crippen molar-refractivity contribution in [1.82, 2.24) is 39.3 Å². The molecule has 2 aliphatic rings. The number of likely N-dealkylation sites (N-methyl/N-ethyl adjacent to an activating group) is 1. The summed E-state index contributed by atoms with van der Waals surface area (Å²) >= 11 is 0. The van der Waals surface area contributed by atoms with E-state index in [4.69, 9.17) is 4.98 Å². The molecule has 0 saturated carbocycles. The van der Waals surface area contributed by atoms with Crippen LogP contribution in [0.15, 0.2) is 40.3 Å². The molecule has 0 atom stereocenters. The molecule has 38 heavy (non-hydrogen) atoms. The number of piperidine rings is 1. The van der Waals surface area contributed by atoms with Gasteiger partial charge in [-0.1, -0.05) is 0 Å². The number of carbonyl (C=O) groups excluding carboxylic acids is 1. The largest absolute Gasteiger partial charge is 0.343 e. The molecule has 0 aliphatic carbocycles. The molecule has 1 N–H and O–H groups in total. The summed E-state index contributed by atoms with van der Waals surface area (Å²) in [5.41, 5.74) is 1.89. The van der Waals surface area contributed by atoms with Crippen LogP contribution in [0.25, 0.3) is 33.2 Å². The summed E-state index contributed by atoms with van der Waals surface area (Å²) in [6.45, 7) is 6.32. The van der Waals surface area contributed by atoms with Gasteiger partial charge in [-0.15, -0.1) is 0 Å². The number of carbonyl (C=O) groups is 1. The lowest BCUT2D eigenvalue weighted by Gasteiger charge is -2.32. The van der Waals surface area contributed by atoms with Crippen LogP contribution in [0.1, 0.15) is 25.8 Å². The Morgan fingerprint density at radius 3 is 2.34 bits per heavy atom. The van der Waals surface area contributed by atoms with E-state index in [1.54, 1.807) is 28.8 Å². The Kier molecular flexibility index (Phi) is 6.10. The number of H-pyrrole nitrogens is 1. The minimum Gasteiger partial charge on any atom is -0.343 e. The van der Waals surface area contributed by atoms with E-state index in [0.717, 1.165) is 31.7 Å². The van der Waals surface area contributed by atoms with Crippen LogP contribution >= 0.6 is 0 Å². The predicted molar refractivity (Wildman–Crippen MR) is 143 cm³/mol. The number of nitrogens with zero attached hydrogens (tertiary/aromatic N) is 8. The zero-order chi connectivity index (χ0) is 26.4. The van der Waals surface area contributed by atoms with Gasteiger partial charge in [0.2, 0.25) is 11.9 Å². The van der Waals surface area contributed by atoms with Crippen molar-refractivity contribution >= 4 is 33.8 Å². The summed E-state index contributed by atoms with van der Waals surface area (Å²) in [4.78, 5) is 64.8. The first-order valence-electron chi connectivity index (χ1n) is 12.8. The number of aromatic nitrogens is 6. The van der Waals surface area contributed by atoms with E-state index in [1.165, 1.54) is 6.20 Å². The molecular weight excluding hydrogens is 486 g/mol. The predicted octanol–water partition coefficient (Wildman–Crippen LogP) is 1.03. The molecule has 4 aromatic heterocycles. The van der Waals surface area contributed by atoms with E-state index < -0.39 is 11.2 Å². The molecule has 12 heteroatoms. The van der Waals surface area contributed by atoms with Crippen molar-refractivity contribution in [3.8, 4) is 11.3 Å². The average Bonchev–Trinajstić information content (AvgIpc) is 2.93. The van der Waals surface area contributed by atoms with E-state index in [2.05, 4.69) is 36.8 Å². The number of hydrogen-bond acceptors (Lipinski definition) is 9. The van der Waals surface area contributed by atoms with Crippen molar-refractivity contribution in [2.24, 2.45) is 0 Å². The Morgan fingerprint density at radius 2 is 1.66 bits per heavy atom. The summed E-state index contributed by atoms with van der Waals surface area (Å²) in [5.74, 6) is 0.705. The maximum Gasteiger partial charge on any atom is 0.329 e. The number of likely N-dealkylation sites (tertiary alicyclic amines) is 1. The molecule has 196 valence electrons. The zero-order valence-electron chi connectivity index (χ0n) is 21.4. The highest BCUT2D eigenvalue weighted by Crippen LogP contribution is 2.29. The molecule has 0 spiro atoms. The van der Waals surface area contributed by atoms with Gasteiger partial charge in [-0.05, 0) is 32.0 Å². The van der Waals surface area contributed by atoms with Gasteiger partial charge in [-0.2, -0.15) is 0 Å². The fourth-order valence-electron chi connectivity index (χ4n) is 5.36. The molecule has 2 fully saturated rings. The van der Waals surface area contributed by atoms with Crippen LogP contribution < -0.4 is 16.1 Å². The van der Waals surface area contributed by atoms with Crippen molar-refractivity contribution in [1.29, 1.82) is 0 Å². The van der Waals surface area contributed by atoms with Gasteiger partial charge in [0, 0.05) is 76.4 Å². The first-order valence-corrected chi connectivity index (χ1v) is 12.8. The zero-order valence-corrected chi connectivity index (χ0v) is 21.4. The summed E-state index contributed by atoms with van der Waals surface area (Å²) in [5, 5.41) is 0.303. The topological polar surface area (TPSA) is 133 Å². The number of anilines is 1. The molecule has 2 aliphatic heterocycles. The van der Waals surface area contributed by atoms with E-state index >= 15 is 0 Å². The van der Waals surface area contributed by atoms with Crippen molar-refractivity contribution in [3.63, 3.8) is 0 Å². The lowest BCUT2D eigenvalue weighted by Crippen LogP contribution is -2.45. The molecule has 6 heterocycles. The Hall–Kier alpha value is -4.19. The minimum absolute atomic E-state index is 0.0175. The van der Waals surface area contributed by atoms with Gasteiger partial charge >= 0.3 is 5.69 Å². The number of aromatic amines is 1. The quantitative estimate of drug-likeness (QED) is 0.397. The number of nitrogens with one attached hydrogen (secondary N) is 1. The second kappa shape index (κ2) is 9.60. The third kappa shape index (κ3) is 4.30. The average molecular weight is 516 g/mol. The van der Waals surface area contributed by atoms with Gasteiger partial charge in [0.15, 0.2) is 0 Å². The standard InChI is InChI=1S/C26H29N9O3/c1-16(36)33-7-5-18(6-8-33)35-23-19(24(37)31-26(35)38)15-27-21-4-3-20(30-22(21)23)17-13-28-25(29-14-17)34-11-9-32(2)10-12-34/h3-4,13-15,18H,5-12H2,1-2H3,(H,31,37,38). The Labute approximate surface area is 218 Å². The molecule has 0 bridgehead atoms. The van der Waals surface area contributed by atoms with Gasteiger partial charge in [0.05, 0.1) is 22.1 Å². The molecular formula is C26H29N9O3. The van der Waals surface area contributed by atoms with E-state index in [1.807, 2.05) is 12.1 Å². The second-order valence-corrected chi connectivity index (χ2v) is 10.0. The molecule has 4 aromatic rings. The molecule has 0 radical (unpaired) electrons. The van der Waals surface area contributed by atoms with Crippen LogP contribution in [-0.4, -0.2) is 91.5 Å². The number of rotatable bonds is 3. The number of amides is 1. The summed E-state index contributed by atoms with van der Waals surface area (Å²) < 4.78 is 1.63. The number of pyridine rings is 2. The third-order valence-corrected chi connectivity index (χ3v) is 7.61. The van der Waals surface area contributed by atoms with Crippen LogP contribution in [0.4, 0.5) is 5.95 Å². The van der Waals surface area contributed by atoms with Crippen LogP contribution in [0.3, 0.4) is 0 Å². The first-order chi connectivity index (χ1) is 18.4. The van der Waals surface area contributed by atoms with Gasteiger partial charge in [0.25, 0.3) is 5.56 Å². The molecule has 6 rings (SSSR count). The number of fused-ring (bicyclic) bond motifs is 3. The van der Waals surface area contributed by atoms with Crippen LogP contribution in [0, 0.1) is 0 Å². The smallest absolute Gasteiger partial charge is 0.329 e. The van der Waals surface area contributed by atoms with Gasteiger partial charge in [-0.3, -0.25) is 24.1 Å². The lowest BCUT2D eigenvalue weighted by molar-refractivity contribution is -0.130. The number of hydrogen-bond donors (Lipinski definition) is 1. The van der Waals surface area contributed by atoms with Crippen molar-refractivity contribution in [2.75, 3.05) is 51.2 Å². The second-order valence-electron chi connectivity index (χ2n) is 10.0.